The van der Waals surface area contributed by atoms with Gasteiger partial charge in [0.2, 0.25) is 0 Å². The first-order valence-corrected chi connectivity index (χ1v) is 6.58. The van der Waals surface area contributed by atoms with Crippen LogP contribution in [0.4, 0.5) is 0 Å². The molecule has 0 spiro atoms. The van der Waals surface area contributed by atoms with Crippen molar-refractivity contribution in [2.24, 2.45) is 11.3 Å². The molecule has 1 aliphatic carbocycles. The molecule has 14 heavy (non-hydrogen) atoms. The van der Waals surface area contributed by atoms with Gasteiger partial charge in [-0.1, -0.05) is 52.9 Å². The molecule has 0 aliphatic heterocycles. The lowest BCUT2D eigenvalue weighted by Crippen LogP contribution is -2.21. The SMILES string of the molecule is CC(C)(C)C(Cl)CCC1CCCCC1. The summed E-state index contributed by atoms with van der Waals surface area (Å²) in [5.74, 6) is 0.979. The third-order valence-corrected chi connectivity index (χ3v) is 4.37. The van der Waals surface area contributed by atoms with E-state index in [4.69, 9.17) is 11.6 Å². The van der Waals surface area contributed by atoms with Gasteiger partial charge in [0.1, 0.15) is 0 Å². The fraction of sp³-hybridized carbons (Fsp3) is 1.00. The van der Waals surface area contributed by atoms with Crippen LogP contribution in [0.1, 0.15) is 65.7 Å². The fourth-order valence-electron chi connectivity index (χ4n) is 2.29. The van der Waals surface area contributed by atoms with Crippen molar-refractivity contribution in [2.75, 3.05) is 0 Å². The van der Waals surface area contributed by atoms with Crippen LogP contribution in [0.25, 0.3) is 0 Å². The summed E-state index contributed by atoms with van der Waals surface area (Å²) in [6.45, 7) is 6.72. The maximum atomic E-state index is 6.38. The summed E-state index contributed by atoms with van der Waals surface area (Å²) in [5.41, 5.74) is 0.274. The molecular formula is C13H25Cl. The second kappa shape index (κ2) is 5.39. The Kier molecular flexibility index (Phi) is 4.76. The van der Waals surface area contributed by atoms with Gasteiger partial charge in [0.25, 0.3) is 0 Å². The minimum absolute atomic E-state index is 0.274. The summed E-state index contributed by atoms with van der Waals surface area (Å²) in [5, 5.41) is 0.351. The number of hydrogen-bond donors (Lipinski definition) is 0. The van der Waals surface area contributed by atoms with Gasteiger partial charge >= 0.3 is 0 Å². The van der Waals surface area contributed by atoms with Crippen molar-refractivity contribution < 1.29 is 0 Å². The Bertz CT molecular complexity index is 151. The third kappa shape index (κ3) is 4.21. The highest BCUT2D eigenvalue weighted by atomic mass is 35.5. The first-order valence-electron chi connectivity index (χ1n) is 6.14. The highest BCUT2D eigenvalue weighted by molar-refractivity contribution is 6.21. The van der Waals surface area contributed by atoms with Crippen molar-refractivity contribution in [3.05, 3.63) is 0 Å². The predicted molar refractivity (Wildman–Crippen MR) is 64.9 cm³/mol. The average molecular weight is 217 g/mol. The van der Waals surface area contributed by atoms with Gasteiger partial charge in [-0.25, -0.2) is 0 Å². The number of hydrogen-bond acceptors (Lipinski definition) is 0. The molecule has 1 unspecified atom stereocenters. The zero-order valence-electron chi connectivity index (χ0n) is 9.98. The second-order valence-electron chi connectivity index (χ2n) is 5.91. The van der Waals surface area contributed by atoms with Crippen LogP contribution in [0.2, 0.25) is 0 Å². The van der Waals surface area contributed by atoms with E-state index in [2.05, 4.69) is 20.8 Å². The second-order valence-corrected chi connectivity index (χ2v) is 6.44. The summed E-state index contributed by atoms with van der Waals surface area (Å²) in [6.07, 6.45) is 9.82. The quantitative estimate of drug-likeness (QED) is 0.583. The molecule has 0 aromatic rings. The zero-order chi connectivity index (χ0) is 10.6. The Morgan fingerprint density at radius 1 is 1.14 bits per heavy atom. The monoisotopic (exact) mass is 216 g/mol. The average Bonchev–Trinajstić information content (AvgIpc) is 2.14. The van der Waals surface area contributed by atoms with Crippen molar-refractivity contribution in [1.29, 1.82) is 0 Å². The van der Waals surface area contributed by atoms with E-state index in [9.17, 15) is 0 Å². The summed E-state index contributed by atoms with van der Waals surface area (Å²) in [4.78, 5) is 0. The van der Waals surface area contributed by atoms with Gasteiger partial charge in [-0.2, -0.15) is 0 Å². The van der Waals surface area contributed by atoms with E-state index in [1.807, 2.05) is 0 Å². The maximum Gasteiger partial charge on any atom is 0.0384 e. The van der Waals surface area contributed by atoms with Crippen LogP contribution >= 0.6 is 11.6 Å². The minimum Gasteiger partial charge on any atom is -0.122 e. The first kappa shape index (κ1) is 12.4. The molecule has 1 fully saturated rings. The normalized spacial score (nSPS) is 22.3. The van der Waals surface area contributed by atoms with Crippen molar-refractivity contribution in [3.63, 3.8) is 0 Å². The largest absolute Gasteiger partial charge is 0.122 e. The van der Waals surface area contributed by atoms with Crippen LogP contribution in [0.15, 0.2) is 0 Å². The van der Waals surface area contributed by atoms with Gasteiger partial charge in [-0.05, 0) is 24.2 Å². The molecule has 0 radical (unpaired) electrons. The summed E-state index contributed by atoms with van der Waals surface area (Å²) in [6, 6.07) is 0. The van der Waals surface area contributed by atoms with Crippen LogP contribution in [-0.2, 0) is 0 Å². The number of halogens is 1. The molecule has 0 saturated heterocycles. The summed E-state index contributed by atoms with van der Waals surface area (Å²) >= 11 is 6.38. The Balaban J connectivity index is 2.19. The lowest BCUT2D eigenvalue weighted by atomic mass is 9.82. The standard InChI is InChI=1S/C13H25Cl/c1-13(2,3)12(14)10-9-11-7-5-4-6-8-11/h11-12H,4-10H2,1-3H3. The van der Waals surface area contributed by atoms with Gasteiger partial charge in [-0.3, -0.25) is 0 Å². The van der Waals surface area contributed by atoms with Crippen LogP contribution < -0.4 is 0 Å². The lowest BCUT2D eigenvalue weighted by Gasteiger charge is -2.28. The van der Waals surface area contributed by atoms with Crippen LogP contribution in [0.3, 0.4) is 0 Å². The van der Waals surface area contributed by atoms with Gasteiger partial charge in [0.05, 0.1) is 0 Å². The van der Waals surface area contributed by atoms with E-state index in [-0.39, 0.29) is 5.41 Å². The van der Waals surface area contributed by atoms with Crippen LogP contribution in [0, 0.1) is 11.3 Å². The highest BCUT2D eigenvalue weighted by Crippen LogP contribution is 2.33. The van der Waals surface area contributed by atoms with Gasteiger partial charge in [0.15, 0.2) is 0 Å². The molecule has 0 nitrogen and oxygen atoms in total. The minimum atomic E-state index is 0.274. The molecule has 0 heterocycles. The topological polar surface area (TPSA) is 0 Å². The molecule has 1 aliphatic rings. The van der Waals surface area contributed by atoms with Crippen LogP contribution in [-0.4, -0.2) is 5.38 Å². The van der Waals surface area contributed by atoms with E-state index in [1.165, 1.54) is 44.9 Å². The summed E-state index contributed by atoms with van der Waals surface area (Å²) in [7, 11) is 0. The Labute approximate surface area is 94.4 Å². The molecule has 0 amide bonds. The molecule has 1 saturated carbocycles. The molecule has 0 bridgehead atoms. The molecule has 1 rings (SSSR count). The van der Waals surface area contributed by atoms with Crippen molar-refractivity contribution in [2.45, 2.75) is 71.1 Å². The van der Waals surface area contributed by atoms with Crippen molar-refractivity contribution in [1.82, 2.24) is 0 Å². The van der Waals surface area contributed by atoms with Gasteiger partial charge in [-0.15, -0.1) is 11.6 Å². The molecule has 1 heteroatoms. The molecule has 0 N–H and O–H groups in total. The zero-order valence-corrected chi connectivity index (χ0v) is 10.7. The van der Waals surface area contributed by atoms with Gasteiger partial charge < -0.3 is 0 Å². The highest BCUT2D eigenvalue weighted by Gasteiger charge is 2.23. The van der Waals surface area contributed by atoms with E-state index in [0.29, 0.717) is 5.38 Å². The van der Waals surface area contributed by atoms with Gasteiger partial charge in [0, 0.05) is 5.38 Å². The molecule has 0 aromatic carbocycles. The van der Waals surface area contributed by atoms with E-state index < -0.39 is 0 Å². The maximum absolute atomic E-state index is 6.38. The Morgan fingerprint density at radius 3 is 2.21 bits per heavy atom. The molecular weight excluding hydrogens is 192 g/mol. The number of alkyl halides is 1. The Morgan fingerprint density at radius 2 is 1.71 bits per heavy atom. The molecule has 1 atom stereocenters. The van der Waals surface area contributed by atoms with Crippen LogP contribution in [0.5, 0.6) is 0 Å². The van der Waals surface area contributed by atoms with E-state index >= 15 is 0 Å². The lowest BCUT2D eigenvalue weighted by molar-refractivity contribution is 0.299. The third-order valence-electron chi connectivity index (χ3n) is 3.49. The smallest absolute Gasteiger partial charge is 0.0384 e. The fourth-order valence-corrected chi connectivity index (χ4v) is 2.42. The molecule has 0 aromatic heterocycles. The van der Waals surface area contributed by atoms with Crippen molar-refractivity contribution >= 4 is 11.6 Å². The molecule has 84 valence electrons. The van der Waals surface area contributed by atoms with E-state index in [0.717, 1.165) is 5.92 Å². The predicted octanol–water partition coefficient (Wildman–Crippen LogP) is 5.00. The number of rotatable bonds is 3. The first-order chi connectivity index (χ1) is 6.50. The summed E-state index contributed by atoms with van der Waals surface area (Å²) < 4.78 is 0. The van der Waals surface area contributed by atoms with Crippen molar-refractivity contribution in [3.8, 4) is 0 Å². The Hall–Kier alpha value is 0.290. The van der Waals surface area contributed by atoms with E-state index in [1.54, 1.807) is 0 Å².